The van der Waals surface area contributed by atoms with Crippen LogP contribution in [0.3, 0.4) is 0 Å². The molecule has 6 heteroatoms. The number of carbonyl (C=O) groups is 2. The fraction of sp³-hybridized carbons (Fsp3) is 0.182. The summed E-state index contributed by atoms with van der Waals surface area (Å²) in [6.45, 7) is 4.61. The van der Waals surface area contributed by atoms with Crippen LogP contribution in [0.2, 0.25) is 0 Å². The van der Waals surface area contributed by atoms with E-state index in [1.807, 2.05) is 37.3 Å². The zero-order chi connectivity index (χ0) is 19.9. The van der Waals surface area contributed by atoms with Crippen LogP contribution in [0.15, 0.2) is 67.0 Å². The average molecular weight is 374 g/mol. The molecule has 0 saturated heterocycles. The fourth-order valence-corrected chi connectivity index (χ4v) is 2.73. The first-order valence-corrected chi connectivity index (χ1v) is 9.10. The van der Waals surface area contributed by atoms with Gasteiger partial charge in [0.25, 0.3) is 5.91 Å². The van der Waals surface area contributed by atoms with Crippen molar-refractivity contribution in [1.29, 1.82) is 0 Å². The SMILES string of the molecule is CCN(Cc1ccccc1)C(=O)c1cnc(Nc2ccc(C(C)=O)cc2)nc1. The van der Waals surface area contributed by atoms with Crippen molar-refractivity contribution in [3.8, 4) is 0 Å². The maximum Gasteiger partial charge on any atom is 0.257 e. The minimum Gasteiger partial charge on any atom is -0.335 e. The van der Waals surface area contributed by atoms with Crippen LogP contribution >= 0.6 is 0 Å². The Kier molecular flexibility index (Phi) is 6.11. The largest absolute Gasteiger partial charge is 0.335 e. The molecule has 0 aliphatic rings. The molecule has 0 fully saturated rings. The molecule has 1 amide bonds. The molecule has 0 aliphatic heterocycles. The molecule has 0 unspecified atom stereocenters. The van der Waals surface area contributed by atoms with E-state index in [2.05, 4.69) is 15.3 Å². The first-order chi connectivity index (χ1) is 13.6. The standard InChI is InChI=1S/C22H22N4O2/c1-3-26(15-17-7-5-4-6-8-17)21(28)19-13-23-22(24-14-19)25-20-11-9-18(10-12-20)16(2)27/h4-14H,3,15H2,1-2H3,(H,23,24,25). The highest BCUT2D eigenvalue weighted by Crippen LogP contribution is 2.15. The highest BCUT2D eigenvalue weighted by molar-refractivity contribution is 5.94. The maximum atomic E-state index is 12.7. The zero-order valence-corrected chi connectivity index (χ0v) is 15.9. The number of Topliss-reactive ketones (excluding diaryl/α,β-unsaturated/α-hetero) is 1. The molecule has 1 N–H and O–H groups in total. The molecule has 0 spiro atoms. The second kappa shape index (κ2) is 8.90. The van der Waals surface area contributed by atoms with Crippen molar-refractivity contribution in [1.82, 2.24) is 14.9 Å². The van der Waals surface area contributed by atoms with E-state index in [9.17, 15) is 9.59 Å². The number of amides is 1. The van der Waals surface area contributed by atoms with E-state index in [1.165, 1.54) is 19.3 Å². The van der Waals surface area contributed by atoms with Crippen molar-refractivity contribution < 1.29 is 9.59 Å². The lowest BCUT2D eigenvalue weighted by Gasteiger charge is -2.20. The minimum absolute atomic E-state index is 0.0154. The van der Waals surface area contributed by atoms with E-state index >= 15 is 0 Å². The summed E-state index contributed by atoms with van der Waals surface area (Å²) < 4.78 is 0. The number of nitrogens with zero attached hydrogens (tertiary/aromatic N) is 3. The zero-order valence-electron chi connectivity index (χ0n) is 15.9. The van der Waals surface area contributed by atoms with E-state index < -0.39 is 0 Å². The number of aromatic nitrogens is 2. The molecule has 2 aromatic carbocycles. The van der Waals surface area contributed by atoms with Crippen LogP contribution in [-0.4, -0.2) is 33.1 Å². The van der Waals surface area contributed by atoms with Gasteiger partial charge in [-0.1, -0.05) is 30.3 Å². The normalized spacial score (nSPS) is 10.4. The number of hydrogen-bond donors (Lipinski definition) is 1. The predicted molar refractivity (Wildman–Crippen MR) is 109 cm³/mol. The molecule has 3 aromatic rings. The minimum atomic E-state index is -0.108. The van der Waals surface area contributed by atoms with Crippen molar-refractivity contribution in [2.45, 2.75) is 20.4 Å². The fourth-order valence-electron chi connectivity index (χ4n) is 2.73. The highest BCUT2D eigenvalue weighted by Gasteiger charge is 2.15. The van der Waals surface area contributed by atoms with Gasteiger partial charge in [0, 0.05) is 36.7 Å². The summed E-state index contributed by atoms with van der Waals surface area (Å²) in [7, 11) is 0. The molecule has 0 radical (unpaired) electrons. The van der Waals surface area contributed by atoms with Crippen LogP contribution in [0, 0.1) is 0 Å². The molecule has 0 aliphatic carbocycles. The number of benzene rings is 2. The summed E-state index contributed by atoms with van der Waals surface area (Å²) in [6, 6.07) is 16.9. The Balaban J connectivity index is 1.67. The van der Waals surface area contributed by atoms with Gasteiger partial charge in [-0.05, 0) is 43.7 Å². The molecule has 0 saturated carbocycles. The Morgan fingerprint density at radius 2 is 1.57 bits per heavy atom. The van der Waals surface area contributed by atoms with Crippen molar-refractivity contribution in [3.63, 3.8) is 0 Å². The third kappa shape index (κ3) is 4.79. The number of rotatable bonds is 7. The second-order valence-corrected chi connectivity index (χ2v) is 6.36. The maximum absolute atomic E-state index is 12.7. The number of nitrogens with one attached hydrogen (secondary N) is 1. The van der Waals surface area contributed by atoms with Crippen LogP contribution in [0.4, 0.5) is 11.6 Å². The number of carbonyl (C=O) groups excluding carboxylic acids is 2. The van der Waals surface area contributed by atoms with E-state index in [4.69, 9.17) is 0 Å². The van der Waals surface area contributed by atoms with Gasteiger partial charge in [-0.3, -0.25) is 9.59 Å². The summed E-state index contributed by atoms with van der Waals surface area (Å²) in [6.07, 6.45) is 3.05. The molecular formula is C22H22N4O2. The van der Waals surface area contributed by atoms with Crippen LogP contribution in [0.1, 0.15) is 40.1 Å². The summed E-state index contributed by atoms with van der Waals surface area (Å²) in [5.74, 6) is 0.295. The van der Waals surface area contributed by atoms with Gasteiger partial charge in [-0.25, -0.2) is 9.97 Å². The lowest BCUT2D eigenvalue weighted by atomic mass is 10.1. The Morgan fingerprint density at radius 3 is 2.14 bits per heavy atom. The Morgan fingerprint density at radius 1 is 0.929 bits per heavy atom. The van der Waals surface area contributed by atoms with E-state index in [-0.39, 0.29) is 11.7 Å². The third-order valence-corrected chi connectivity index (χ3v) is 4.33. The van der Waals surface area contributed by atoms with Gasteiger partial charge in [0.05, 0.1) is 5.56 Å². The van der Waals surface area contributed by atoms with Gasteiger partial charge >= 0.3 is 0 Å². The number of hydrogen-bond acceptors (Lipinski definition) is 5. The van der Waals surface area contributed by atoms with Crippen molar-refractivity contribution in [3.05, 3.63) is 83.7 Å². The van der Waals surface area contributed by atoms with Gasteiger partial charge in [0.1, 0.15) is 0 Å². The number of anilines is 2. The van der Waals surface area contributed by atoms with Crippen molar-refractivity contribution >= 4 is 23.3 Å². The lowest BCUT2D eigenvalue weighted by Crippen LogP contribution is -2.30. The predicted octanol–water partition coefficient (Wildman–Crippen LogP) is 4.09. The quantitative estimate of drug-likeness (QED) is 0.631. The Bertz CT molecular complexity index is 939. The van der Waals surface area contributed by atoms with E-state index in [1.54, 1.807) is 29.2 Å². The Labute approximate surface area is 164 Å². The van der Waals surface area contributed by atoms with Gasteiger partial charge in [-0.15, -0.1) is 0 Å². The molecule has 1 aromatic heterocycles. The molecule has 1 heterocycles. The molecule has 142 valence electrons. The summed E-state index contributed by atoms with van der Waals surface area (Å²) >= 11 is 0. The lowest BCUT2D eigenvalue weighted by molar-refractivity contribution is 0.0751. The average Bonchev–Trinajstić information content (AvgIpc) is 2.73. The summed E-state index contributed by atoms with van der Waals surface area (Å²) in [4.78, 5) is 34.3. The number of ketones is 1. The van der Waals surface area contributed by atoms with Crippen molar-refractivity contribution in [2.24, 2.45) is 0 Å². The molecule has 3 rings (SSSR count). The van der Waals surface area contributed by atoms with Gasteiger partial charge in [0.15, 0.2) is 5.78 Å². The molecular weight excluding hydrogens is 352 g/mol. The monoisotopic (exact) mass is 374 g/mol. The van der Waals surface area contributed by atoms with Crippen LogP contribution in [-0.2, 0) is 6.54 Å². The summed E-state index contributed by atoms with van der Waals surface area (Å²) in [5.41, 5.74) is 2.93. The van der Waals surface area contributed by atoms with Gasteiger partial charge in [0.2, 0.25) is 5.95 Å². The van der Waals surface area contributed by atoms with Crippen LogP contribution in [0.5, 0.6) is 0 Å². The topological polar surface area (TPSA) is 75.2 Å². The smallest absolute Gasteiger partial charge is 0.257 e. The van der Waals surface area contributed by atoms with Gasteiger partial charge in [-0.2, -0.15) is 0 Å². The summed E-state index contributed by atoms with van der Waals surface area (Å²) in [5, 5.41) is 3.06. The van der Waals surface area contributed by atoms with Crippen molar-refractivity contribution in [2.75, 3.05) is 11.9 Å². The first kappa shape index (κ1) is 19.2. The van der Waals surface area contributed by atoms with Crippen LogP contribution < -0.4 is 5.32 Å². The van der Waals surface area contributed by atoms with E-state index in [0.29, 0.717) is 30.2 Å². The highest BCUT2D eigenvalue weighted by atomic mass is 16.2. The Hall–Kier alpha value is -3.54. The van der Waals surface area contributed by atoms with E-state index in [0.717, 1.165) is 11.3 Å². The molecule has 28 heavy (non-hydrogen) atoms. The first-order valence-electron chi connectivity index (χ1n) is 9.10. The second-order valence-electron chi connectivity index (χ2n) is 6.36. The van der Waals surface area contributed by atoms with Gasteiger partial charge < -0.3 is 10.2 Å². The van der Waals surface area contributed by atoms with Crippen LogP contribution in [0.25, 0.3) is 0 Å². The molecule has 0 atom stereocenters. The molecule has 6 nitrogen and oxygen atoms in total. The third-order valence-electron chi connectivity index (χ3n) is 4.33. The molecule has 0 bridgehead atoms.